The van der Waals surface area contributed by atoms with Gasteiger partial charge in [0.2, 0.25) is 0 Å². The number of halogens is 2. The minimum absolute atomic E-state index is 0.0511. The van der Waals surface area contributed by atoms with Gasteiger partial charge in [-0.3, -0.25) is 0 Å². The Morgan fingerprint density at radius 1 is 1.35 bits per heavy atom. The summed E-state index contributed by atoms with van der Waals surface area (Å²) in [5, 5.41) is 0. The zero-order valence-corrected chi connectivity index (χ0v) is 11.3. The fourth-order valence-electron chi connectivity index (χ4n) is 2.01. The molecule has 0 spiro atoms. The molecule has 0 aliphatic carbocycles. The first-order valence-corrected chi connectivity index (χ1v) is 6.06. The Morgan fingerprint density at radius 2 is 1.94 bits per heavy atom. The van der Waals surface area contributed by atoms with Crippen LogP contribution < -0.4 is 4.90 Å². The Balaban J connectivity index is 2.19. The lowest BCUT2D eigenvalue weighted by molar-refractivity contribution is -0.00461. The Bertz CT molecular complexity index is 393. The number of hydrogen-bond acceptors (Lipinski definition) is 4. The first-order chi connectivity index (χ1) is 8.15. The van der Waals surface area contributed by atoms with Gasteiger partial charge in [0, 0.05) is 38.0 Å². The summed E-state index contributed by atoms with van der Waals surface area (Å²) < 4.78 is 25.0. The average Bonchev–Trinajstić information content (AvgIpc) is 2.72. The molecule has 17 heavy (non-hydrogen) atoms. The second-order valence-electron chi connectivity index (χ2n) is 3.91. The molecule has 1 aromatic heterocycles. The van der Waals surface area contributed by atoms with E-state index in [4.69, 9.17) is 9.47 Å². The highest BCUT2D eigenvalue weighted by Crippen LogP contribution is 2.25. The summed E-state index contributed by atoms with van der Waals surface area (Å²) in [7, 11) is 3.26. The van der Waals surface area contributed by atoms with Gasteiger partial charge < -0.3 is 14.4 Å². The van der Waals surface area contributed by atoms with Crippen LogP contribution in [0.4, 0.5) is 10.2 Å². The largest absolute Gasteiger partial charge is 0.377 e. The molecule has 2 atom stereocenters. The summed E-state index contributed by atoms with van der Waals surface area (Å²) in [6, 6.07) is 1.41. The van der Waals surface area contributed by atoms with Crippen LogP contribution in [-0.2, 0) is 9.47 Å². The van der Waals surface area contributed by atoms with E-state index in [2.05, 4.69) is 20.9 Å². The van der Waals surface area contributed by atoms with Gasteiger partial charge in [0.15, 0.2) is 11.6 Å². The van der Waals surface area contributed by atoms with Crippen LogP contribution in [0.1, 0.15) is 0 Å². The van der Waals surface area contributed by atoms with Gasteiger partial charge in [0.05, 0.1) is 0 Å². The zero-order valence-electron chi connectivity index (χ0n) is 9.69. The standard InChI is InChI=1S/C11H14BrFN2O2/c1-16-9-5-15(6-10(9)17-2)11-8(13)3-7(12)4-14-11/h3-4,9-10H,5-6H2,1-2H3. The summed E-state index contributed by atoms with van der Waals surface area (Å²) in [4.78, 5) is 5.93. The Morgan fingerprint density at radius 3 is 2.41 bits per heavy atom. The number of anilines is 1. The van der Waals surface area contributed by atoms with Gasteiger partial charge in [-0.25, -0.2) is 9.37 Å². The van der Waals surface area contributed by atoms with Gasteiger partial charge >= 0.3 is 0 Å². The maximum absolute atomic E-state index is 13.7. The van der Waals surface area contributed by atoms with Crippen LogP contribution in [-0.4, -0.2) is 44.5 Å². The lowest BCUT2D eigenvalue weighted by Gasteiger charge is -2.17. The molecular formula is C11H14BrFN2O2. The molecule has 0 N–H and O–H groups in total. The van der Waals surface area contributed by atoms with Crippen molar-refractivity contribution >= 4 is 21.7 Å². The highest BCUT2D eigenvalue weighted by molar-refractivity contribution is 9.10. The Hall–Kier alpha value is -0.720. The number of pyridine rings is 1. The number of methoxy groups -OCH3 is 2. The SMILES string of the molecule is COC1CN(c2ncc(Br)cc2F)CC1OC. The van der Waals surface area contributed by atoms with Crippen LogP contribution in [0.2, 0.25) is 0 Å². The second-order valence-corrected chi connectivity index (χ2v) is 4.83. The first kappa shape index (κ1) is 12.7. The molecule has 0 radical (unpaired) electrons. The molecule has 2 unspecified atom stereocenters. The smallest absolute Gasteiger partial charge is 0.166 e. The molecule has 1 aromatic rings. The lowest BCUT2D eigenvalue weighted by atomic mass is 10.3. The molecule has 1 aliphatic rings. The predicted molar refractivity (Wildman–Crippen MR) is 65.7 cm³/mol. The normalized spacial score (nSPS) is 24.4. The molecule has 1 saturated heterocycles. The molecule has 94 valence electrons. The Labute approximate surface area is 108 Å². The number of ether oxygens (including phenoxy) is 2. The average molecular weight is 305 g/mol. The minimum Gasteiger partial charge on any atom is -0.377 e. The van der Waals surface area contributed by atoms with E-state index >= 15 is 0 Å². The summed E-state index contributed by atoms with van der Waals surface area (Å²) in [6.45, 7) is 1.17. The highest BCUT2D eigenvalue weighted by Gasteiger charge is 2.34. The molecular weight excluding hydrogens is 291 g/mol. The van der Waals surface area contributed by atoms with E-state index in [1.54, 1.807) is 20.4 Å². The van der Waals surface area contributed by atoms with Crippen LogP contribution in [0, 0.1) is 5.82 Å². The van der Waals surface area contributed by atoms with Gasteiger partial charge in [-0.15, -0.1) is 0 Å². The van der Waals surface area contributed by atoms with E-state index in [9.17, 15) is 4.39 Å². The van der Waals surface area contributed by atoms with Crippen molar-refractivity contribution in [1.82, 2.24) is 4.98 Å². The van der Waals surface area contributed by atoms with Crippen LogP contribution in [0.3, 0.4) is 0 Å². The van der Waals surface area contributed by atoms with E-state index in [0.717, 1.165) is 0 Å². The van der Waals surface area contributed by atoms with E-state index in [1.165, 1.54) is 6.07 Å². The van der Waals surface area contributed by atoms with Crippen molar-refractivity contribution in [3.05, 3.63) is 22.6 Å². The fourth-order valence-corrected chi connectivity index (χ4v) is 2.31. The van der Waals surface area contributed by atoms with Crippen molar-refractivity contribution in [2.75, 3.05) is 32.2 Å². The van der Waals surface area contributed by atoms with Gasteiger partial charge in [0.25, 0.3) is 0 Å². The molecule has 1 fully saturated rings. The summed E-state index contributed by atoms with van der Waals surface area (Å²) in [6.07, 6.45) is 1.48. The van der Waals surface area contributed by atoms with Crippen LogP contribution >= 0.6 is 15.9 Å². The molecule has 2 rings (SSSR count). The quantitative estimate of drug-likeness (QED) is 0.853. The third kappa shape index (κ3) is 2.59. The summed E-state index contributed by atoms with van der Waals surface area (Å²) in [5.41, 5.74) is 0. The zero-order chi connectivity index (χ0) is 12.4. The minimum atomic E-state index is -0.342. The Kier molecular flexibility index (Phi) is 3.96. The number of hydrogen-bond donors (Lipinski definition) is 0. The van der Waals surface area contributed by atoms with Gasteiger partial charge in [0.1, 0.15) is 12.2 Å². The summed E-state index contributed by atoms with van der Waals surface area (Å²) in [5.74, 6) is 0.000723. The van der Waals surface area contributed by atoms with Gasteiger partial charge in [-0.1, -0.05) is 0 Å². The predicted octanol–water partition coefficient (Wildman–Crippen LogP) is 1.83. The molecule has 0 saturated carbocycles. The van der Waals surface area contributed by atoms with Crippen LogP contribution in [0.15, 0.2) is 16.7 Å². The van der Waals surface area contributed by atoms with Gasteiger partial charge in [-0.2, -0.15) is 0 Å². The molecule has 0 aromatic carbocycles. The number of nitrogens with zero attached hydrogens (tertiary/aromatic N) is 2. The van der Waals surface area contributed by atoms with Crippen molar-refractivity contribution in [3.63, 3.8) is 0 Å². The second kappa shape index (κ2) is 5.29. The van der Waals surface area contributed by atoms with E-state index in [-0.39, 0.29) is 18.0 Å². The topological polar surface area (TPSA) is 34.6 Å². The third-order valence-electron chi connectivity index (χ3n) is 2.91. The summed E-state index contributed by atoms with van der Waals surface area (Å²) >= 11 is 3.19. The van der Waals surface area contributed by atoms with E-state index < -0.39 is 0 Å². The van der Waals surface area contributed by atoms with Crippen molar-refractivity contribution in [2.24, 2.45) is 0 Å². The molecule has 4 nitrogen and oxygen atoms in total. The van der Waals surface area contributed by atoms with E-state index in [0.29, 0.717) is 23.4 Å². The number of rotatable bonds is 3. The maximum Gasteiger partial charge on any atom is 0.166 e. The monoisotopic (exact) mass is 304 g/mol. The van der Waals surface area contributed by atoms with Crippen LogP contribution in [0.25, 0.3) is 0 Å². The fraction of sp³-hybridized carbons (Fsp3) is 0.545. The van der Waals surface area contributed by atoms with Crippen LogP contribution in [0.5, 0.6) is 0 Å². The van der Waals surface area contributed by atoms with Crippen molar-refractivity contribution < 1.29 is 13.9 Å². The molecule has 0 amide bonds. The van der Waals surface area contributed by atoms with Crippen molar-refractivity contribution in [1.29, 1.82) is 0 Å². The highest BCUT2D eigenvalue weighted by atomic mass is 79.9. The molecule has 2 heterocycles. The van der Waals surface area contributed by atoms with E-state index in [1.807, 2.05) is 4.90 Å². The van der Waals surface area contributed by atoms with Crippen molar-refractivity contribution in [3.8, 4) is 0 Å². The van der Waals surface area contributed by atoms with Crippen molar-refractivity contribution in [2.45, 2.75) is 12.2 Å². The number of aromatic nitrogens is 1. The van der Waals surface area contributed by atoms with Gasteiger partial charge in [-0.05, 0) is 22.0 Å². The first-order valence-electron chi connectivity index (χ1n) is 5.27. The maximum atomic E-state index is 13.7. The lowest BCUT2D eigenvalue weighted by Crippen LogP contribution is -2.27. The molecule has 1 aliphatic heterocycles. The molecule has 0 bridgehead atoms. The molecule has 6 heteroatoms. The third-order valence-corrected chi connectivity index (χ3v) is 3.34.